The Morgan fingerprint density at radius 1 is 1.50 bits per heavy atom. The average Bonchev–Trinajstić information content (AvgIpc) is 2.76. The van der Waals surface area contributed by atoms with E-state index in [1.807, 2.05) is 6.92 Å². The van der Waals surface area contributed by atoms with Crippen LogP contribution in [0.2, 0.25) is 0 Å². The molecule has 0 saturated carbocycles. The van der Waals surface area contributed by atoms with Crippen LogP contribution in [0.3, 0.4) is 0 Å². The van der Waals surface area contributed by atoms with Crippen LogP contribution in [-0.4, -0.2) is 38.3 Å². The maximum absolute atomic E-state index is 11.5. The number of amides is 1. The van der Waals surface area contributed by atoms with Gasteiger partial charge in [-0.1, -0.05) is 0 Å². The second-order valence-corrected chi connectivity index (χ2v) is 3.84. The fourth-order valence-corrected chi connectivity index (χ4v) is 1.72. The molecule has 1 heterocycles. The van der Waals surface area contributed by atoms with Crippen molar-refractivity contribution in [1.29, 1.82) is 0 Å². The van der Waals surface area contributed by atoms with Crippen LogP contribution in [0.15, 0.2) is 0 Å². The number of ether oxygens (including phenoxy) is 1. The van der Waals surface area contributed by atoms with Crippen LogP contribution in [0, 0.1) is 0 Å². The number of hydrogen-bond acceptors (Lipinski definition) is 3. The molecule has 0 aromatic heterocycles. The van der Waals surface area contributed by atoms with Gasteiger partial charge in [0.1, 0.15) is 0 Å². The SMILES string of the molecule is CCOCCCCNC(=O)C1CCCN1.Cl. The Kier molecular flexibility index (Phi) is 9.68. The molecule has 96 valence electrons. The summed E-state index contributed by atoms with van der Waals surface area (Å²) in [4.78, 5) is 11.5. The predicted molar refractivity (Wildman–Crippen MR) is 67.0 cm³/mol. The maximum atomic E-state index is 11.5. The highest BCUT2D eigenvalue weighted by atomic mass is 35.5. The van der Waals surface area contributed by atoms with Gasteiger partial charge in [0.15, 0.2) is 0 Å². The summed E-state index contributed by atoms with van der Waals surface area (Å²) in [5, 5.41) is 6.13. The lowest BCUT2D eigenvalue weighted by molar-refractivity contribution is -0.122. The zero-order chi connectivity index (χ0) is 10.9. The molecule has 1 atom stereocenters. The van der Waals surface area contributed by atoms with Gasteiger partial charge in [0, 0.05) is 19.8 Å². The summed E-state index contributed by atoms with van der Waals surface area (Å²) in [7, 11) is 0. The number of rotatable bonds is 7. The third kappa shape index (κ3) is 6.30. The first-order valence-electron chi connectivity index (χ1n) is 5.93. The van der Waals surface area contributed by atoms with Crippen LogP contribution in [0.1, 0.15) is 32.6 Å². The van der Waals surface area contributed by atoms with Crippen LogP contribution >= 0.6 is 12.4 Å². The van der Waals surface area contributed by atoms with E-state index < -0.39 is 0 Å². The van der Waals surface area contributed by atoms with Crippen LogP contribution < -0.4 is 10.6 Å². The van der Waals surface area contributed by atoms with E-state index in [4.69, 9.17) is 4.74 Å². The fraction of sp³-hybridized carbons (Fsp3) is 0.909. The van der Waals surface area contributed by atoms with Crippen molar-refractivity contribution in [1.82, 2.24) is 10.6 Å². The molecular weight excluding hydrogens is 228 g/mol. The number of nitrogens with one attached hydrogen (secondary N) is 2. The van der Waals surface area contributed by atoms with Crippen molar-refractivity contribution in [3.8, 4) is 0 Å². The third-order valence-electron chi connectivity index (χ3n) is 2.60. The topological polar surface area (TPSA) is 50.4 Å². The molecule has 4 nitrogen and oxygen atoms in total. The summed E-state index contributed by atoms with van der Waals surface area (Å²) in [6, 6.07) is 0.0527. The second kappa shape index (κ2) is 9.87. The van der Waals surface area contributed by atoms with Gasteiger partial charge in [0.25, 0.3) is 0 Å². The Hall–Kier alpha value is -0.320. The molecule has 0 radical (unpaired) electrons. The van der Waals surface area contributed by atoms with Crippen LogP contribution in [0.5, 0.6) is 0 Å². The third-order valence-corrected chi connectivity index (χ3v) is 2.60. The summed E-state index contributed by atoms with van der Waals surface area (Å²) in [6.45, 7) is 5.31. The molecule has 1 rings (SSSR count). The lowest BCUT2D eigenvalue weighted by Crippen LogP contribution is -2.40. The molecule has 1 fully saturated rings. The Morgan fingerprint density at radius 2 is 2.31 bits per heavy atom. The minimum Gasteiger partial charge on any atom is -0.382 e. The first-order valence-corrected chi connectivity index (χ1v) is 5.93. The van der Waals surface area contributed by atoms with Gasteiger partial charge in [-0.15, -0.1) is 12.4 Å². The molecule has 2 N–H and O–H groups in total. The number of carbonyl (C=O) groups excluding carboxylic acids is 1. The van der Waals surface area contributed by atoms with Crippen molar-refractivity contribution in [2.75, 3.05) is 26.3 Å². The minimum absolute atomic E-state index is 0. The molecular formula is C11H23ClN2O2. The quantitative estimate of drug-likeness (QED) is 0.666. The van der Waals surface area contributed by atoms with E-state index in [0.29, 0.717) is 0 Å². The van der Waals surface area contributed by atoms with Crippen molar-refractivity contribution in [3.05, 3.63) is 0 Å². The van der Waals surface area contributed by atoms with Gasteiger partial charge < -0.3 is 15.4 Å². The number of halogens is 1. The van der Waals surface area contributed by atoms with Crippen molar-refractivity contribution in [3.63, 3.8) is 0 Å². The van der Waals surface area contributed by atoms with Gasteiger partial charge in [0.2, 0.25) is 5.91 Å². The van der Waals surface area contributed by atoms with E-state index in [1.165, 1.54) is 0 Å². The highest BCUT2D eigenvalue weighted by Gasteiger charge is 2.20. The van der Waals surface area contributed by atoms with Crippen LogP contribution in [-0.2, 0) is 9.53 Å². The summed E-state index contributed by atoms with van der Waals surface area (Å²) < 4.78 is 5.22. The fourth-order valence-electron chi connectivity index (χ4n) is 1.72. The van der Waals surface area contributed by atoms with Crippen molar-refractivity contribution < 1.29 is 9.53 Å². The van der Waals surface area contributed by atoms with Crippen LogP contribution in [0.4, 0.5) is 0 Å². The minimum atomic E-state index is 0. The molecule has 1 saturated heterocycles. The van der Waals surface area contributed by atoms with E-state index in [1.54, 1.807) is 0 Å². The van der Waals surface area contributed by atoms with Crippen LogP contribution in [0.25, 0.3) is 0 Å². The first kappa shape index (κ1) is 15.7. The summed E-state index contributed by atoms with van der Waals surface area (Å²) in [5.41, 5.74) is 0. The molecule has 0 aliphatic carbocycles. The maximum Gasteiger partial charge on any atom is 0.237 e. The molecule has 1 aliphatic rings. The van der Waals surface area contributed by atoms with E-state index in [0.717, 1.165) is 52.0 Å². The molecule has 1 unspecified atom stereocenters. The van der Waals surface area contributed by atoms with Gasteiger partial charge in [-0.25, -0.2) is 0 Å². The van der Waals surface area contributed by atoms with Gasteiger partial charge in [-0.2, -0.15) is 0 Å². The Balaban J connectivity index is 0.00000225. The zero-order valence-electron chi connectivity index (χ0n) is 9.96. The molecule has 5 heteroatoms. The predicted octanol–water partition coefficient (Wildman–Crippen LogP) is 1.09. The highest BCUT2D eigenvalue weighted by Crippen LogP contribution is 2.04. The average molecular weight is 251 g/mol. The molecule has 1 amide bonds. The lowest BCUT2D eigenvalue weighted by atomic mass is 10.2. The standard InChI is InChI=1S/C11H22N2O2.ClH/c1-2-15-9-4-3-7-13-11(14)10-6-5-8-12-10;/h10,12H,2-9H2,1H3,(H,13,14);1H. The van der Waals surface area contributed by atoms with Gasteiger partial charge in [0.05, 0.1) is 6.04 Å². The van der Waals surface area contributed by atoms with E-state index >= 15 is 0 Å². The highest BCUT2D eigenvalue weighted by molar-refractivity contribution is 5.85. The number of unbranched alkanes of at least 4 members (excludes halogenated alkanes) is 1. The Bertz CT molecular complexity index is 185. The van der Waals surface area contributed by atoms with Crippen molar-refractivity contribution in [2.45, 2.75) is 38.6 Å². The summed E-state index contributed by atoms with van der Waals surface area (Å²) >= 11 is 0. The molecule has 0 aromatic carbocycles. The lowest BCUT2D eigenvalue weighted by Gasteiger charge is -2.10. The van der Waals surface area contributed by atoms with Gasteiger partial charge in [-0.3, -0.25) is 4.79 Å². The molecule has 0 spiro atoms. The van der Waals surface area contributed by atoms with Gasteiger partial charge >= 0.3 is 0 Å². The molecule has 1 aliphatic heterocycles. The van der Waals surface area contributed by atoms with Crippen molar-refractivity contribution in [2.24, 2.45) is 0 Å². The molecule has 16 heavy (non-hydrogen) atoms. The number of carbonyl (C=O) groups is 1. The van der Waals surface area contributed by atoms with Crippen molar-refractivity contribution >= 4 is 18.3 Å². The Labute approximate surface area is 104 Å². The zero-order valence-corrected chi connectivity index (χ0v) is 10.8. The smallest absolute Gasteiger partial charge is 0.237 e. The van der Waals surface area contributed by atoms with E-state index in [9.17, 15) is 4.79 Å². The second-order valence-electron chi connectivity index (χ2n) is 3.84. The monoisotopic (exact) mass is 250 g/mol. The van der Waals surface area contributed by atoms with E-state index in [2.05, 4.69) is 10.6 Å². The molecule has 0 bridgehead atoms. The largest absolute Gasteiger partial charge is 0.382 e. The first-order chi connectivity index (χ1) is 7.34. The van der Waals surface area contributed by atoms with Gasteiger partial charge in [-0.05, 0) is 39.2 Å². The Morgan fingerprint density at radius 3 is 2.94 bits per heavy atom. The summed E-state index contributed by atoms with van der Waals surface area (Å²) in [5.74, 6) is 0.156. The summed E-state index contributed by atoms with van der Waals surface area (Å²) in [6.07, 6.45) is 4.11. The number of hydrogen-bond donors (Lipinski definition) is 2. The normalized spacial score (nSPS) is 19.2. The van der Waals surface area contributed by atoms with E-state index in [-0.39, 0.29) is 24.4 Å². The molecule has 0 aromatic rings.